The maximum atomic E-state index is 11.5. The molecule has 1 fully saturated rings. The number of rotatable bonds is 12. The minimum atomic E-state index is -0.123. The quantitative estimate of drug-likeness (QED) is 0.310. The zero-order valence-corrected chi connectivity index (χ0v) is 12.5. The minimum Gasteiger partial charge on any atom is -0.465 e. The number of carbonyl (C=O) groups is 1. The molecule has 0 unspecified atom stereocenters. The summed E-state index contributed by atoms with van der Waals surface area (Å²) in [5.41, 5.74) is 0. The molecule has 0 aromatic carbocycles. The molecule has 1 heterocycles. The van der Waals surface area contributed by atoms with E-state index in [-0.39, 0.29) is 5.97 Å². The molecule has 1 aliphatic rings. The van der Waals surface area contributed by atoms with Crippen LogP contribution in [0.15, 0.2) is 0 Å². The molecule has 0 bridgehead atoms. The van der Waals surface area contributed by atoms with Crippen LogP contribution in [0.2, 0.25) is 0 Å². The monoisotopic (exact) mass is 271 g/mol. The van der Waals surface area contributed by atoms with Crippen LogP contribution in [0.5, 0.6) is 0 Å². The van der Waals surface area contributed by atoms with E-state index < -0.39 is 0 Å². The molecule has 0 amide bonds. The van der Waals surface area contributed by atoms with E-state index in [4.69, 9.17) is 9.47 Å². The van der Waals surface area contributed by atoms with E-state index in [9.17, 15) is 4.79 Å². The summed E-state index contributed by atoms with van der Waals surface area (Å²) in [6, 6.07) is 0. The Morgan fingerprint density at radius 1 is 1.26 bits per heavy atom. The number of hydrogen-bond acceptors (Lipinski definition) is 4. The van der Waals surface area contributed by atoms with Gasteiger partial charge in [-0.2, -0.15) is 0 Å². The molecule has 19 heavy (non-hydrogen) atoms. The number of ether oxygens (including phenoxy) is 2. The fourth-order valence-electron chi connectivity index (χ4n) is 1.93. The topological polar surface area (TPSA) is 38.5 Å². The highest BCUT2D eigenvalue weighted by atomic mass is 16.5. The standard InChI is InChI=1S/C15H29NO3/c1-3-5-6-14(4-2)13-19-15(17)7-11-18-12-10-16-8-9-16/h14H,3-13H2,1-2H3/t14-/m0/s1. The molecule has 112 valence electrons. The summed E-state index contributed by atoms with van der Waals surface area (Å²) in [4.78, 5) is 13.8. The van der Waals surface area contributed by atoms with Crippen molar-refractivity contribution >= 4 is 5.97 Å². The summed E-state index contributed by atoms with van der Waals surface area (Å²) in [6.45, 7) is 9.51. The summed E-state index contributed by atoms with van der Waals surface area (Å²) in [5.74, 6) is 0.397. The van der Waals surface area contributed by atoms with Crippen molar-refractivity contribution in [1.29, 1.82) is 0 Å². The maximum absolute atomic E-state index is 11.5. The van der Waals surface area contributed by atoms with E-state index in [2.05, 4.69) is 18.7 Å². The van der Waals surface area contributed by atoms with Crippen LogP contribution in [0.25, 0.3) is 0 Å². The third-order valence-corrected chi connectivity index (χ3v) is 3.57. The molecule has 0 aromatic heterocycles. The van der Waals surface area contributed by atoms with Crippen molar-refractivity contribution in [3.05, 3.63) is 0 Å². The first-order chi connectivity index (χ1) is 9.26. The van der Waals surface area contributed by atoms with Crippen LogP contribution in [0.3, 0.4) is 0 Å². The summed E-state index contributed by atoms with van der Waals surface area (Å²) < 4.78 is 10.7. The van der Waals surface area contributed by atoms with Crippen LogP contribution in [0.1, 0.15) is 46.0 Å². The van der Waals surface area contributed by atoms with Crippen LogP contribution in [0.4, 0.5) is 0 Å². The van der Waals surface area contributed by atoms with Crippen LogP contribution in [-0.4, -0.2) is 50.3 Å². The molecule has 4 nitrogen and oxygen atoms in total. The van der Waals surface area contributed by atoms with Crippen LogP contribution in [-0.2, 0) is 14.3 Å². The lowest BCUT2D eigenvalue weighted by Gasteiger charge is -2.14. The van der Waals surface area contributed by atoms with Gasteiger partial charge in [0.15, 0.2) is 0 Å². The lowest BCUT2D eigenvalue weighted by molar-refractivity contribution is -0.146. The van der Waals surface area contributed by atoms with Gasteiger partial charge in [0.05, 0.1) is 26.2 Å². The lowest BCUT2D eigenvalue weighted by Crippen LogP contribution is -2.16. The molecular weight excluding hydrogens is 242 g/mol. The van der Waals surface area contributed by atoms with E-state index in [1.54, 1.807) is 0 Å². The molecule has 0 aliphatic carbocycles. The normalized spacial score (nSPS) is 16.3. The van der Waals surface area contributed by atoms with Gasteiger partial charge in [-0.3, -0.25) is 9.69 Å². The third-order valence-electron chi connectivity index (χ3n) is 3.57. The first-order valence-corrected chi connectivity index (χ1v) is 7.72. The van der Waals surface area contributed by atoms with Crippen molar-refractivity contribution in [3.63, 3.8) is 0 Å². The number of unbranched alkanes of at least 4 members (excludes halogenated alkanes) is 1. The summed E-state index contributed by atoms with van der Waals surface area (Å²) in [6.07, 6.45) is 5.04. The predicted molar refractivity (Wildman–Crippen MR) is 76.1 cm³/mol. The van der Waals surface area contributed by atoms with Gasteiger partial charge in [0, 0.05) is 19.6 Å². The lowest BCUT2D eigenvalue weighted by atomic mass is 10.0. The molecule has 0 saturated carbocycles. The smallest absolute Gasteiger partial charge is 0.308 e. The second-order valence-electron chi connectivity index (χ2n) is 5.30. The van der Waals surface area contributed by atoms with Crippen molar-refractivity contribution in [2.24, 2.45) is 5.92 Å². The van der Waals surface area contributed by atoms with Gasteiger partial charge in [-0.1, -0.05) is 33.1 Å². The van der Waals surface area contributed by atoms with E-state index in [1.807, 2.05) is 0 Å². The van der Waals surface area contributed by atoms with Crippen molar-refractivity contribution in [1.82, 2.24) is 4.90 Å². The highest BCUT2D eigenvalue weighted by Gasteiger charge is 2.15. The van der Waals surface area contributed by atoms with Crippen molar-refractivity contribution in [2.45, 2.75) is 46.0 Å². The largest absolute Gasteiger partial charge is 0.465 e. The Hall–Kier alpha value is -0.610. The molecular formula is C15H29NO3. The Bertz CT molecular complexity index is 242. The fourth-order valence-corrected chi connectivity index (χ4v) is 1.93. The average molecular weight is 271 g/mol. The predicted octanol–water partition coefficient (Wildman–Crippen LogP) is 2.47. The number of carbonyl (C=O) groups excluding carboxylic acids is 1. The van der Waals surface area contributed by atoms with Gasteiger partial charge in [-0.15, -0.1) is 0 Å². The van der Waals surface area contributed by atoms with Crippen molar-refractivity contribution < 1.29 is 14.3 Å². The average Bonchev–Trinajstić information content (AvgIpc) is 3.22. The number of hydrogen-bond donors (Lipinski definition) is 0. The molecule has 1 atom stereocenters. The zero-order chi connectivity index (χ0) is 13.9. The first kappa shape index (κ1) is 16.4. The number of nitrogens with zero attached hydrogens (tertiary/aromatic N) is 1. The molecule has 1 saturated heterocycles. The molecule has 1 aliphatic heterocycles. The van der Waals surface area contributed by atoms with Crippen LogP contribution < -0.4 is 0 Å². The van der Waals surface area contributed by atoms with Gasteiger partial charge in [-0.05, 0) is 12.3 Å². The molecule has 0 radical (unpaired) electrons. The van der Waals surface area contributed by atoms with E-state index in [0.717, 1.165) is 26.0 Å². The summed E-state index contributed by atoms with van der Waals surface area (Å²) in [5, 5.41) is 0. The Balaban J connectivity index is 1.92. The van der Waals surface area contributed by atoms with Gasteiger partial charge in [-0.25, -0.2) is 0 Å². The first-order valence-electron chi connectivity index (χ1n) is 7.72. The van der Waals surface area contributed by atoms with Gasteiger partial charge in [0.2, 0.25) is 0 Å². The van der Waals surface area contributed by atoms with Crippen LogP contribution >= 0.6 is 0 Å². The summed E-state index contributed by atoms with van der Waals surface area (Å²) >= 11 is 0. The van der Waals surface area contributed by atoms with Crippen LogP contribution in [0, 0.1) is 5.92 Å². The molecule has 0 N–H and O–H groups in total. The Morgan fingerprint density at radius 3 is 2.68 bits per heavy atom. The van der Waals surface area contributed by atoms with Crippen molar-refractivity contribution in [3.8, 4) is 0 Å². The highest BCUT2D eigenvalue weighted by molar-refractivity contribution is 5.69. The van der Waals surface area contributed by atoms with Gasteiger partial charge >= 0.3 is 5.97 Å². The van der Waals surface area contributed by atoms with E-state index in [1.165, 1.54) is 25.9 Å². The molecule has 4 heteroatoms. The zero-order valence-electron chi connectivity index (χ0n) is 12.5. The highest BCUT2D eigenvalue weighted by Crippen LogP contribution is 2.13. The minimum absolute atomic E-state index is 0.123. The second kappa shape index (κ2) is 10.2. The van der Waals surface area contributed by atoms with Gasteiger partial charge in [0.1, 0.15) is 0 Å². The van der Waals surface area contributed by atoms with Gasteiger partial charge < -0.3 is 9.47 Å². The Labute approximate surface area is 117 Å². The van der Waals surface area contributed by atoms with E-state index >= 15 is 0 Å². The SMILES string of the molecule is CCCC[C@H](CC)COC(=O)CCOCCN1CC1. The summed E-state index contributed by atoms with van der Waals surface area (Å²) in [7, 11) is 0. The maximum Gasteiger partial charge on any atom is 0.308 e. The Morgan fingerprint density at radius 2 is 2.05 bits per heavy atom. The van der Waals surface area contributed by atoms with Crippen molar-refractivity contribution in [2.75, 3.05) is 39.5 Å². The molecule has 0 spiro atoms. The third kappa shape index (κ3) is 9.00. The van der Waals surface area contributed by atoms with E-state index in [0.29, 0.717) is 25.6 Å². The second-order valence-corrected chi connectivity index (χ2v) is 5.30. The molecule has 0 aromatic rings. The fraction of sp³-hybridized carbons (Fsp3) is 0.933. The molecule has 1 rings (SSSR count). The van der Waals surface area contributed by atoms with Gasteiger partial charge in [0.25, 0.3) is 0 Å². The Kier molecular flexibility index (Phi) is 8.84. The number of esters is 1.